The Morgan fingerprint density at radius 1 is 1.07 bits per heavy atom. The van der Waals surface area contributed by atoms with Crippen LogP contribution in [0.5, 0.6) is 0 Å². The van der Waals surface area contributed by atoms with Crippen molar-refractivity contribution in [3.8, 4) is 0 Å². The molecule has 1 aliphatic rings. The molecule has 2 atom stereocenters. The van der Waals surface area contributed by atoms with Crippen LogP contribution in [0.3, 0.4) is 0 Å². The third kappa shape index (κ3) is 5.45. The Hall–Kier alpha value is -3.19. The SMILES string of the molecule is Cc1cccc(C(=O)Nc2ccccc2C(=O)OCC(=O)N2CC(C)OC(C)C2)c1. The number of rotatable bonds is 5. The Bertz CT molecular complexity index is 933. The summed E-state index contributed by atoms with van der Waals surface area (Å²) in [7, 11) is 0. The highest BCUT2D eigenvalue weighted by molar-refractivity contribution is 6.08. The van der Waals surface area contributed by atoms with Gasteiger partial charge in [-0.2, -0.15) is 0 Å². The molecule has 3 rings (SSSR count). The van der Waals surface area contributed by atoms with E-state index in [4.69, 9.17) is 9.47 Å². The number of esters is 1. The molecule has 30 heavy (non-hydrogen) atoms. The minimum absolute atomic E-state index is 0.0639. The molecule has 0 saturated carbocycles. The molecule has 1 heterocycles. The van der Waals surface area contributed by atoms with Crippen LogP contribution in [0.2, 0.25) is 0 Å². The van der Waals surface area contributed by atoms with Crippen molar-refractivity contribution in [3.63, 3.8) is 0 Å². The first kappa shape index (κ1) is 21.5. The Balaban J connectivity index is 1.64. The van der Waals surface area contributed by atoms with Gasteiger partial charge < -0.3 is 19.7 Å². The summed E-state index contributed by atoms with van der Waals surface area (Å²) in [5.74, 6) is -1.27. The van der Waals surface area contributed by atoms with E-state index in [9.17, 15) is 14.4 Å². The number of hydrogen-bond acceptors (Lipinski definition) is 5. The number of ether oxygens (including phenoxy) is 2. The van der Waals surface area contributed by atoms with E-state index < -0.39 is 5.97 Å². The number of aryl methyl sites for hydroxylation is 1. The number of anilines is 1. The van der Waals surface area contributed by atoms with E-state index in [0.717, 1.165) is 5.56 Å². The number of hydrogen-bond donors (Lipinski definition) is 1. The zero-order chi connectivity index (χ0) is 21.7. The van der Waals surface area contributed by atoms with Gasteiger partial charge in [-0.1, -0.05) is 29.8 Å². The van der Waals surface area contributed by atoms with Crippen molar-refractivity contribution in [1.82, 2.24) is 4.90 Å². The molecule has 7 heteroatoms. The molecule has 1 saturated heterocycles. The molecule has 0 radical (unpaired) electrons. The highest BCUT2D eigenvalue weighted by Crippen LogP contribution is 2.18. The first-order valence-corrected chi connectivity index (χ1v) is 9.91. The van der Waals surface area contributed by atoms with Crippen LogP contribution in [0.1, 0.15) is 40.1 Å². The number of nitrogens with zero attached hydrogens (tertiary/aromatic N) is 1. The van der Waals surface area contributed by atoms with Gasteiger partial charge in [-0.25, -0.2) is 4.79 Å². The van der Waals surface area contributed by atoms with E-state index in [1.54, 1.807) is 47.4 Å². The standard InChI is InChI=1S/C23H26N2O5/c1-15-7-6-8-18(11-15)22(27)24-20-10-5-4-9-19(20)23(28)29-14-21(26)25-12-16(2)30-17(3)13-25/h4-11,16-17H,12-14H2,1-3H3,(H,24,27). The van der Waals surface area contributed by atoms with Crippen molar-refractivity contribution in [2.24, 2.45) is 0 Å². The fourth-order valence-electron chi connectivity index (χ4n) is 3.43. The molecule has 1 N–H and O–H groups in total. The van der Waals surface area contributed by atoms with Crippen LogP contribution in [-0.2, 0) is 14.3 Å². The number of morpholine rings is 1. The summed E-state index contributed by atoms with van der Waals surface area (Å²) in [6.07, 6.45) is -0.128. The zero-order valence-corrected chi connectivity index (χ0v) is 17.4. The molecule has 2 unspecified atom stereocenters. The summed E-state index contributed by atoms with van der Waals surface area (Å²) in [6.45, 7) is 6.26. The fourth-order valence-corrected chi connectivity index (χ4v) is 3.43. The smallest absolute Gasteiger partial charge is 0.340 e. The second kappa shape index (κ2) is 9.54. The van der Waals surface area contributed by atoms with Gasteiger partial charge >= 0.3 is 5.97 Å². The van der Waals surface area contributed by atoms with Crippen LogP contribution in [-0.4, -0.2) is 54.6 Å². The van der Waals surface area contributed by atoms with E-state index in [0.29, 0.717) is 24.3 Å². The topological polar surface area (TPSA) is 84.9 Å². The van der Waals surface area contributed by atoms with Crippen LogP contribution in [0, 0.1) is 6.92 Å². The quantitative estimate of drug-likeness (QED) is 0.766. The van der Waals surface area contributed by atoms with Crippen LogP contribution in [0.25, 0.3) is 0 Å². The molecule has 2 aromatic carbocycles. The van der Waals surface area contributed by atoms with Gasteiger partial charge in [0.15, 0.2) is 6.61 Å². The molecule has 2 aromatic rings. The minimum atomic E-state index is -0.669. The monoisotopic (exact) mass is 410 g/mol. The van der Waals surface area contributed by atoms with Gasteiger partial charge in [0.25, 0.3) is 11.8 Å². The second-order valence-corrected chi connectivity index (χ2v) is 7.50. The highest BCUT2D eigenvalue weighted by Gasteiger charge is 2.26. The van der Waals surface area contributed by atoms with E-state index in [2.05, 4.69) is 5.32 Å². The predicted molar refractivity (Wildman–Crippen MR) is 112 cm³/mol. The molecule has 1 fully saturated rings. The van der Waals surface area contributed by atoms with Crippen molar-refractivity contribution in [2.75, 3.05) is 25.0 Å². The molecule has 7 nitrogen and oxygen atoms in total. The van der Waals surface area contributed by atoms with Gasteiger partial charge in [-0.05, 0) is 45.0 Å². The Kier molecular flexibility index (Phi) is 6.84. The molecular formula is C23H26N2O5. The molecule has 2 amide bonds. The van der Waals surface area contributed by atoms with Crippen molar-refractivity contribution in [1.29, 1.82) is 0 Å². The lowest BCUT2D eigenvalue weighted by atomic mass is 10.1. The fraction of sp³-hybridized carbons (Fsp3) is 0.348. The summed E-state index contributed by atoms with van der Waals surface area (Å²) in [4.78, 5) is 39.2. The molecule has 0 spiro atoms. The first-order chi connectivity index (χ1) is 14.3. The average molecular weight is 410 g/mol. The van der Waals surface area contributed by atoms with Gasteiger partial charge in [0.1, 0.15) is 0 Å². The van der Waals surface area contributed by atoms with E-state index in [-0.39, 0.29) is 36.2 Å². The van der Waals surface area contributed by atoms with E-state index in [1.807, 2.05) is 26.8 Å². The average Bonchev–Trinajstić information content (AvgIpc) is 2.71. The summed E-state index contributed by atoms with van der Waals surface area (Å²) >= 11 is 0. The summed E-state index contributed by atoms with van der Waals surface area (Å²) in [5, 5.41) is 2.75. The number of para-hydroxylation sites is 1. The third-order valence-corrected chi connectivity index (χ3v) is 4.77. The van der Waals surface area contributed by atoms with Crippen molar-refractivity contribution < 1.29 is 23.9 Å². The van der Waals surface area contributed by atoms with Gasteiger partial charge in [-0.3, -0.25) is 9.59 Å². The first-order valence-electron chi connectivity index (χ1n) is 9.91. The molecule has 1 aliphatic heterocycles. The molecule has 158 valence electrons. The zero-order valence-electron chi connectivity index (χ0n) is 17.4. The van der Waals surface area contributed by atoms with Crippen LogP contribution >= 0.6 is 0 Å². The molecule has 0 aliphatic carbocycles. The lowest BCUT2D eigenvalue weighted by Gasteiger charge is -2.35. The van der Waals surface area contributed by atoms with Gasteiger partial charge in [0, 0.05) is 18.7 Å². The molecular weight excluding hydrogens is 384 g/mol. The van der Waals surface area contributed by atoms with Crippen LogP contribution in [0.4, 0.5) is 5.69 Å². The lowest BCUT2D eigenvalue weighted by molar-refractivity contribution is -0.146. The predicted octanol–water partition coefficient (Wildman–Crippen LogP) is 3.04. The third-order valence-electron chi connectivity index (χ3n) is 4.77. The normalized spacial score (nSPS) is 18.6. The van der Waals surface area contributed by atoms with Gasteiger partial charge in [0.2, 0.25) is 0 Å². The van der Waals surface area contributed by atoms with E-state index in [1.165, 1.54) is 0 Å². The second-order valence-electron chi connectivity index (χ2n) is 7.50. The van der Waals surface area contributed by atoms with Gasteiger partial charge in [0.05, 0.1) is 23.5 Å². The Morgan fingerprint density at radius 2 is 1.77 bits per heavy atom. The lowest BCUT2D eigenvalue weighted by Crippen LogP contribution is -2.49. The Labute approximate surface area is 176 Å². The summed E-state index contributed by atoms with van der Waals surface area (Å²) < 4.78 is 10.9. The molecule has 0 aromatic heterocycles. The number of carbonyl (C=O) groups is 3. The maximum Gasteiger partial charge on any atom is 0.340 e. The van der Waals surface area contributed by atoms with Crippen molar-refractivity contribution in [2.45, 2.75) is 33.0 Å². The minimum Gasteiger partial charge on any atom is -0.452 e. The van der Waals surface area contributed by atoms with Crippen LogP contribution < -0.4 is 5.32 Å². The van der Waals surface area contributed by atoms with Gasteiger partial charge in [-0.15, -0.1) is 0 Å². The number of benzene rings is 2. The summed E-state index contributed by atoms with van der Waals surface area (Å²) in [6, 6.07) is 13.7. The maximum atomic E-state index is 12.6. The maximum absolute atomic E-state index is 12.6. The van der Waals surface area contributed by atoms with Crippen molar-refractivity contribution >= 4 is 23.5 Å². The highest BCUT2D eigenvalue weighted by atomic mass is 16.5. The molecule has 0 bridgehead atoms. The largest absolute Gasteiger partial charge is 0.452 e. The number of nitrogens with one attached hydrogen (secondary N) is 1. The summed E-state index contributed by atoms with van der Waals surface area (Å²) in [5.41, 5.74) is 1.97. The van der Waals surface area contributed by atoms with Crippen molar-refractivity contribution in [3.05, 3.63) is 65.2 Å². The van der Waals surface area contributed by atoms with E-state index >= 15 is 0 Å². The number of amides is 2. The Morgan fingerprint density at radius 3 is 2.47 bits per heavy atom. The number of carbonyl (C=O) groups excluding carboxylic acids is 3. The van der Waals surface area contributed by atoms with Crippen LogP contribution in [0.15, 0.2) is 48.5 Å².